The molecule has 1 unspecified atom stereocenters. The third kappa shape index (κ3) is 2.55. The second kappa shape index (κ2) is 4.25. The zero-order valence-corrected chi connectivity index (χ0v) is 9.02. The number of thiophene rings is 1. The molecule has 0 radical (unpaired) electrons. The lowest BCUT2D eigenvalue weighted by Gasteiger charge is -2.13. The summed E-state index contributed by atoms with van der Waals surface area (Å²) >= 11 is 1.88. The Bertz CT molecular complexity index is 243. The van der Waals surface area contributed by atoms with Crippen LogP contribution in [0.5, 0.6) is 0 Å². The summed E-state index contributed by atoms with van der Waals surface area (Å²) in [5, 5.41) is 2.17. The van der Waals surface area contributed by atoms with Crippen LogP contribution >= 0.6 is 11.3 Å². The van der Waals surface area contributed by atoms with Gasteiger partial charge in [0.15, 0.2) is 0 Å². The van der Waals surface area contributed by atoms with Gasteiger partial charge >= 0.3 is 0 Å². The molecule has 0 aromatic carbocycles. The maximum absolute atomic E-state index is 2.59. The SMILES string of the molecule is CC1CCN(CCc2cccs2)C1. The van der Waals surface area contributed by atoms with E-state index in [4.69, 9.17) is 0 Å². The molecule has 72 valence electrons. The van der Waals surface area contributed by atoms with Crippen LogP contribution in [-0.4, -0.2) is 24.5 Å². The Morgan fingerprint density at radius 2 is 2.54 bits per heavy atom. The Morgan fingerprint density at radius 1 is 1.62 bits per heavy atom. The highest BCUT2D eigenvalue weighted by Gasteiger charge is 2.17. The van der Waals surface area contributed by atoms with Gasteiger partial charge in [0.05, 0.1) is 0 Å². The Labute approximate surface area is 84.4 Å². The average molecular weight is 195 g/mol. The highest BCUT2D eigenvalue weighted by Crippen LogP contribution is 2.16. The predicted octanol–water partition coefficient (Wildman–Crippen LogP) is 2.63. The highest BCUT2D eigenvalue weighted by atomic mass is 32.1. The van der Waals surface area contributed by atoms with Crippen LogP contribution in [0.25, 0.3) is 0 Å². The van der Waals surface area contributed by atoms with Crippen LogP contribution in [0.1, 0.15) is 18.2 Å². The van der Waals surface area contributed by atoms with E-state index in [1.165, 1.54) is 37.4 Å². The van der Waals surface area contributed by atoms with Gasteiger partial charge in [-0.15, -0.1) is 11.3 Å². The molecule has 1 aromatic heterocycles. The van der Waals surface area contributed by atoms with Gasteiger partial charge in [-0.05, 0) is 36.8 Å². The van der Waals surface area contributed by atoms with Crippen LogP contribution in [0.2, 0.25) is 0 Å². The predicted molar refractivity (Wildman–Crippen MR) is 58.2 cm³/mol. The molecule has 0 saturated carbocycles. The van der Waals surface area contributed by atoms with Gasteiger partial charge in [0.1, 0.15) is 0 Å². The van der Waals surface area contributed by atoms with E-state index in [1.807, 2.05) is 11.3 Å². The first-order valence-corrected chi connectivity index (χ1v) is 5.97. The van der Waals surface area contributed by atoms with Gasteiger partial charge in [-0.3, -0.25) is 0 Å². The topological polar surface area (TPSA) is 3.24 Å². The van der Waals surface area contributed by atoms with E-state index < -0.39 is 0 Å². The molecule has 0 amide bonds. The zero-order chi connectivity index (χ0) is 9.10. The van der Waals surface area contributed by atoms with E-state index in [9.17, 15) is 0 Å². The normalized spacial score (nSPS) is 23.9. The van der Waals surface area contributed by atoms with Crippen molar-refractivity contribution in [3.05, 3.63) is 22.4 Å². The van der Waals surface area contributed by atoms with E-state index >= 15 is 0 Å². The van der Waals surface area contributed by atoms with Crippen molar-refractivity contribution in [2.75, 3.05) is 19.6 Å². The third-order valence-corrected chi connectivity index (χ3v) is 3.70. The first kappa shape index (κ1) is 9.22. The Balaban J connectivity index is 1.74. The van der Waals surface area contributed by atoms with Crippen molar-refractivity contribution in [1.29, 1.82) is 0 Å². The fourth-order valence-electron chi connectivity index (χ4n) is 1.95. The molecule has 1 nitrogen and oxygen atoms in total. The Hall–Kier alpha value is -0.340. The summed E-state index contributed by atoms with van der Waals surface area (Å²) < 4.78 is 0. The molecule has 2 rings (SSSR count). The smallest absolute Gasteiger partial charge is 0.00579 e. The summed E-state index contributed by atoms with van der Waals surface area (Å²) in [6.45, 7) is 6.23. The molecule has 1 atom stereocenters. The van der Waals surface area contributed by atoms with Crippen molar-refractivity contribution in [2.24, 2.45) is 5.92 Å². The molecule has 13 heavy (non-hydrogen) atoms. The minimum Gasteiger partial charge on any atom is -0.303 e. The Kier molecular flexibility index (Phi) is 3.01. The summed E-state index contributed by atoms with van der Waals surface area (Å²) in [5.41, 5.74) is 0. The van der Waals surface area contributed by atoms with Crippen molar-refractivity contribution in [3.63, 3.8) is 0 Å². The fraction of sp³-hybridized carbons (Fsp3) is 0.636. The molecule has 0 spiro atoms. The quantitative estimate of drug-likeness (QED) is 0.716. The average Bonchev–Trinajstić information content (AvgIpc) is 2.71. The van der Waals surface area contributed by atoms with Gasteiger partial charge in [0, 0.05) is 18.0 Å². The molecular formula is C11H17NS. The largest absolute Gasteiger partial charge is 0.303 e. The van der Waals surface area contributed by atoms with Crippen LogP contribution in [0.4, 0.5) is 0 Å². The zero-order valence-electron chi connectivity index (χ0n) is 8.20. The molecule has 1 saturated heterocycles. The van der Waals surface area contributed by atoms with E-state index in [0.29, 0.717) is 0 Å². The second-order valence-electron chi connectivity index (χ2n) is 4.02. The van der Waals surface area contributed by atoms with Gasteiger partial charge in [0.2, 0.25) is 0 Å². The molecule has 2 heterocycles. The highest BCUT2D eigenvalue weighted by molar-refractivity contribution is 7.09. The number of hydrogen-bond donors (Lipinski definition) is 0. The van der Waals surface area contributed by atoms with Gasteiger partial charge in [-0.2, -0.15) is 0 Å². The maximum atomic E-state index is 2.59. The minimum absolute atomic E-state index is 0.920. The van der Waals surface area contributed by atoms with Gasteiger partial charge < -0.3 is 4.90 Å². The molecule has 0 N–H and O–H groups in total. The van der Waals surface area contributed by atoms with Gasteiger partial charge in [-0.25, -0.2) is 0 Å². The lowest BCUT2D eigenvalue weighted by Crippen LogP contribution is -2.22. The molecule has 2 heteroatoms. The number of rotatable bonds is 3. The van der Waals surface area contributed by atoms with Crippen LogP contribution in [-0.2, 0) is 6.42 Å². The maximum Gasteiger partial charge on any atom is 0.00579 e. The molecule has 1 aliphatic heterocycles. The van der Waals surface area contributed by atoms with Crippen molar-refractivity contribution in [3.8, 4) is 0 Å². The first-order chi connectivity index (χ1) is 6.34. The number of nitrogens with zero attached hydrogens (tertiary/aromatic N) is 1. The molecule has 1 aliphatic rings. The van der Waals surface area contributed by atoms with Crippen molar-refractivity contribution in [2.45, 2.75) is 19.8 Å². The summed E-state index contributed by atoms with van der Waals surface area (Å²) in [6, 6.07) is 4.39. The van der Waals surface area contributed by atoms with E-state index in [0.717, 1.165) is 5.92 Å². The monoisotopic (exact) mass is 195 g/mol. The van der Waals surface area contributed by atoms with E-state index in [2.05, 4.69) is 29.3 Å². The fourth-order valence-corrected chi connectivity index (χ4v) is 2.65. The lowest BCUT2D eigenvalue weighted by molar-refractivity contribution is 0.333. The summed E-state index contributed by atoms with van der Waals surface area (Å²) in [7, 11) is 0. The summed E-state index contributed by atoms with van der Waals surface area (Å²) in [4.78, 5) is 4.12. The number of hydrogen-bond acceptors (Lipinski definition) is 2. The van der Waals surface area contributed by atoms with Crippen LogP contribution in [0, 0.1) is 5.92 Å². The van der Waals surface area contributed by atoms with Gasteiger partial charge in [0.25, 0.3) is 0 Å². The van der Waals surface area contributed by atoms with Crippen molar-refractivity contribution in [1.82, 2.24) is 4.90 Å². The first-order valence-electron chi connectivity index (χ1n) is 5.09. The summed E-state index contributed by atoms with van der Waals surface area (Å²) in [6.07, 6.45) is 2.63. The summed E-state index contributed by atoms with van der Waals surface area (Å²) in [5.74, 6) is 0.920. The van der Waals surface area contributed by atoms with E-state index in [-0.39, 0.29) is 0 Å². The minimum atomic E-state index is 0.920. The molecular weight excluding hydrogens is 178 g/mol. The molecule has 1 fully saturated rings. The van der Waals surface area contributed by atoms with Crippen LogP contribution < -0.4 is 0 Å². The van der Waals surface area contributed by atoms with Crippen molar-refractivity contribution >= 4 is 11.3 Å². The third-order valence-electron chi connectivity index (χ3n) is 2.76. The Morgan fingerprint density at radius 3 is 3.15 bits per heavy atom. The number of likely N-dealkylation sites (tertiary alicyclic amines) is 1. The standard InChI is InChI=1S/C11H17NS/c1-10-4-6-12(9-10)7-5-11-3-2-8-13-11/h2-3,8,10H,4-7,9H2,1H3. The second-order valence-corrected chi connectivity index (χ2v) is 5.06. The molecule has 0 aliphatic carbocycles. The molecule has 1 aromatic rings. The lowest BCUT2D eigenvalue weighted by atomic mass is 10.2. The molecule has 0 bridgehead atoms. The van der Waals surface area contributed by atoms with Crippen LogP contribution in [0.3, 0.4) is 0 Å². The van der Waals surface area contributed by atoms with E-state index in [1.54, 1.807) is 0 Å². The van der Waals surface area contributed by atoms with Gasteiger partial charge in [-0.1, -0.05) is 13.0 Å². The van der Waals surface area contributed by atoms with Crippen LogP contribution in [0.15, 0.2) is 17.5 Å². The van der Waals surface area contributed by atoms with Crippen molar-refractivity contribution < 1.29 is 0 Å².